The fourth-order valence-corrected chi connectivity index (χ4v) is 5.38. The molecule has 0 amide bonds. The molecule has 2 rings (SSSR count). The van der Waals surface area contributed by atoms with E-state index in [9.17, 15) is 0 Å². The maximum atomic E-state index is 6.23. The minimum Gasteiger partial charge on any atom is -0.378 e. The lowest BCUT2D eigenvalue weighted by molar-refractivity contribution is 0.0132. The summed E-state index contributed by atoms with van der Waals surface area (Å²) in [5, 5.41) is 0. The first-order valence-electron chi connectivity index (χ1n) is 12.4. The van der Waals surface area contributed by atoms with Crippen LogP contribution >= 0.6 is 0 Å². The fourth-order valence-electron chi connectivity index (χ4n) is 5.38. The zero-order chi connectivity index (χ0) is 18.5. The highest BCUT2D eigenvalue weighted by Gasteiger charge is 2.22. The molecule has 2 fully saturated rings. The number of unbranched alkanes of at least 4 members (excludes halogenated alkanes) is 4. The van der Waals surface area contributed by atoms with E-state index in [-0.39, 0.29) is 0 Å². The Bertz CT molecular complexity index is 278. The number of hydrogen-bond acceptors (Lipinski definition) is 1. The van der Waals surface area contributed by atoms with Crippen molar-refractivity contribution < 1.29 is 4.74 Å². The largest absolute Gasteiger partial charge is 0.378 e. The molecule has 0 aromatic heterocycles. The van der Waals surface area contributed by atoms with E-state index in [1.54, 1.807) is 0 Å². The first-order valence-corrected chi connectivity index (χ1v) is 12.4. The second kappa shape index (κ2) is 14.0. The van der Waals surface area contributed by atoms with Crippen LogP contribution in [0.2, 0.25) is 0 Å². The number of ether oxygens (including phenoxy) is 1. The first-order chi connectivity index (χ1) is 12.8. The van der Waals surface area contributed by atoms with Crippen molar-refractivity contribution in [3.8, 4) is 0 Å². The van der Waals surface area contributed by atoms with E-state index in [2.05, 4.69) is 13.8 Å². The lowest BCUT2D eigenvalue weighted by atomic mass is 9.78. The van der Waals surface area contributed by atoms with Crippen molar-refractivity contribution in [3.63, 3.8) is 0 Å². The summed E-state index contributed by atoms with van der Waals surface area (Å²) in [7, 11) is 0. The topological polar surface area (TPSA) is 9.23 Å². The molecule has 1 nitrogen and oxygen atoms in total. The van der Waals surface area contributed by atoms with E-state index in [4.69, 9.17) is 4.74 Å². The van der Waals surface area contributed by atoms with E-state index in [0.717, 1.165) is 24.4 Å². The molecular formula is C25H48O. The van der Waals surface area contributed by atoms with Gasteiger partial charge in [-0.15, -0.1) is 0 Å². The Morgan fingerprint density at radius 2 is 0.962 bits per heavy atom. The molecule has 154 valence electrons. The van der Waals surface area contributed by atoms with Crippen molar-refractivity contribution in [1.29, 1.82) is 0 Å². The minimum atomic E-state index is 0.590. The van der Waals surface area contributed by atoms with Crippen molar-refractivity contribution in [2.75, 3.05) is 6.61 Å². The maximum absolute atomic E-state index is 6.23. The van der Waals surface area contributed by atoms with Gasteiger partial charge >= 0.3 is 0 Å². The monoisotopic (exact) mass is 364 g/mol. The molecule has 0 radical (unpaired) electrons. The summed E-state index contributed by atoms with van der Waals surface area (Å²) in [6.07, 6.45) is 26.4. The molecule has 2 saturated carbocycles. The van der Waals surface area contributed by atoms with Crippen molar-refractivity contribution in [2.24, 2.45) is 17.8 Å². The molecule has 0 atom stereocenters. The van der Waals surface area contributed by atoms with Gasteiger partial charge in [-0.25, -0.2) is 0 Å². The third-order valence-corrected chi connectivity index (χ3v) is 7.30. The minimum absolute atomic E-state index is 0.590. The highest BCUT2D eigenvalue weighted by molar-refractivity contribution is 4.74. The van der Waals surface area contributed by atoms with Gasteiger partial charge in [0.05, 0.1) is 6.10 Å². The van der Waals surface area contributed by atoms with Gasteiger partial charge in [-0.05, 0) is 56.3 Å². The Labute approximate surface area is 165 Å². The molecule has 0 unspecified atom stereocenters. The van der Waals surface area contributed by atoms with Gasteiger partial charge in [0, 0.05) is 6.61 Å². The molecule has 0 spiro atoms. The van der Waals surface area contributed by atoms with E-state index >= 15 is 0 Å². The van der Waals surface area contributed by atoms with Gasteiger partial charge in [0.25, 0.3) is 0 Å². The molecule has 2 aliphatic rings. The molecular weight excluding hydrogens is 316 g/mol. The van der Waals surface area contributed by atoms with Gasteiger partial charge in [-0.3, -0.25) is 0 Å². The van der Waals surface area contributed by atoms with Crippen LogP contribution in [-0.2, 0) is 4.74 Å². The highest BCUT2D eigenvalue weighted by Crippen LogP contribution is 2.34. The van der Waals surface area contributed by atoms with Crippen LogP contribution in [-0.4, -0.2) is 12.7 Å². The maximum Gasteiger partial charge on any atom is 0.0575 e. The zero-order valence-electron chi connectivity index (χ0n) is 18.2. The average Bonchev–Trinajstić information content (AvgIpc) is 2.68. The Morgan fingerprint density at radius 3 is 1.42 bits per heavy atom. The van der Waals surface area contributed by atoms with Crippen LogP contribution < -0.4 is 0 Å². The number of hydrogen-bond donors (Lipinski definition) is 0. The molecule has 1 heteroatoms. The summed E-state index contributed by atoms with van der Waals surface area (Å²) in [5.74, 6) is 3.07. The standard InChI is InChI=1S/C25H48O/c1-3-5-7-10-22-13-15-24(16-14-22)12-9-21-26-25-19-17-23(18-20-25)11-8-6-4-2/h22-25H,3-21H2,1-2H3/t22-,23?,24-,25?. The lowest BCUT2D eigenvalue weighted by Gasteiger charge is -2.30. The summed E-state index contributed by atoms with van der Waals surface area (Å²) < 4.78 is 6.23. The quantitative estimate of drug-likeness (QED) is 0.298. The van der Waals surface area contributed by atoms with Crippen LogP contribution in [0.3, 0.4) is 0 Å². The Hall–Kier alpha value is -0.0400. The van der Waals surface area contributed by atoms with Crippen molar-refractivity contribution in [1.82, 2.24) is 0 Å². The van der Waals surface area contributed by atoms with Crippen LogP contribution in [0.4, 0.5) is 0 Å². The van der Waals surface area contributed by atoms with Crippen LogP contribution in [0, 0.1) is 17.8 Å². The second-order valence-electron chi connectivity index (χ2n) is 9.53. The van der Waals surface area contributed by atoms with Crippen LogP contribution in [0.15, 0.2) is 0 Å². The lowest BCUT2D eigenvalue weighted by Crippen LogP contribution is -2.22. The Balaban J connectivity index is 1.43. The molecule has 0 bridgehead atoms. The van der Waals surface area contributed by atoms with Crippen LogP contribution in [0.25, 0.3) is 0 Å². The summed E-state index contributed by atoms with van der Waals surface area (Å²) >= 11 is 0. The molecule has 0 saturated heterocycles. The van der Waals surface area contributed by atoms with Crippen molar-refractivity contribution >= 4 is 0 Å². The summed E-state index contributed by atoms with van der Waals surface area (Å²) in [6, 6.07) is 0. The second-order valence-corrected chi connectivity index (χ2v) is 9.53. The third-order valence-electron chi connectivity index (χ3n) is 7.30. The fraction of sp³-hybridized carbons (Fsp3) is 1.00. The van der Waals surface area contributed by atoms with Gasteiger partial charge in [0.1, 0.15) is 0 Å². The molecule has 2 aliphatic carbocycles. The van der Waals surface area contributed by atoms with E-state index in [1.165, 1.54) is 116 Å². The van der Waals surface area contributed by atoms with Gasteiger partial charge in [-0.2, -0.15) is 0 Å². The predicted octanol–water partition coefficient (Wildman–Crippen LogP) is 8.31. The molecule has 0 aromatic rings. The average molecular weight is 365 g/mol. The summed E-state index contributed by atoms with van der Waals surface area (Å²) in [4.78, 5) is 0. The normalized spacial score (nSPS) is 29.8. The smallest absolute Gasteiger partial charge is 0.0575 e. The van der Waals surface area contributed by atoms with Crippen molar-refractivity contribution in [3.05, 3.63) is 0 Å². The number of rotatable bonds is 13. The van der Waals surface area contributed by atoms with E-state index < -0.39 is 0 Å². The van der Waals surface area contributed by atoms with Gasteiger partial charge in [0.15, 0.2) is 0 Å². The van der Waals surface area contributed by atoms with Crippen LogP contribution in [0.5, 0.6) is 0 Å². The summed E-state index contributed by atoms with van der Waals surface area (Å²) in [6.45, 7) is 5.66. The van der Waals surface area contributed by atoms with Gasteiger partial charge < -0.3 is 4.74 Å². The van der Waals surface area contributed by atoms with E-state index in [1.807, 2.05) is 0 Å². The molecule has 26 heavy (non-hydrogen) atoms. The molecule has 0 N–H and O–H groups in total. The highest BCUT2D eigenvalue weighted by atomic mass is 16.5. The third kappa shape index (κ3) is 9.25. The molecule has 0 heterocycles. The van der Waals surface area contributed by atoms with Gasteiger partial charge in [0.2, 0.25) is 0 Å². The summed E-state index contributed by atoms with van der Waals surface area (Å²) in [5.41, 5.74) is 0. The Kier molecular flexibility index (Phi) is 12.0. The SMILES string of the molecule is CCCCCC1CCC(OCCC[C@H]2CC[C@H](CCCCC)CC2)CC1. The predicted molar refractivity (Wildman–Crippen MR) is 115 cm³/mol. The zero-order valence-corrected chi connectivity index (χ0v) is 18.2. The first kappa shape index (κ1) is 22.3. The molecule has 0 aliphatic heterocycles. The van der Waals surface area contributed by atoms with Crippen LogP contribution in [0.1, 0.15) is 129 Å². The van der Waals surface area contributed by atoms with E-state index in [0.29, 0.717) is 6.10 Å². The van der Waals surface area contributed by atoms with Gasteiger partial charge in [-0.1, -0.05) is 90.9 Å². The molecule has 0 aromatic carbocycles. The van der Waals surface area contributed by atoms with Crippen molar-refractivity contribution in [2.45, 2.75) is 136 Å². The Morgan fingerprint density at radius 1 is 0.538 bits per heavy atom.